The number of nitrogens with one attached hydrogen (secondary N) is 1. The normalized spacial score (nSPS) is 10.9. The van der Waals surface area contributed by atoms with Crippen LogP contribution in [0.25, 0.3) is 10.2 Å². The van der Waals surface area contributed by atoms with Crippen LogP contribution in [-0.4, -0.2) is 51.4 Å². The van der Waals surface area contributed by atoms with Crippen molar-refractivity contribution in [3.05, 3.63) is 57.2 Å². The topological polar surface area (TPSA) is 97.2 Å². The van der Waals surface area contributed by atoms with E-state index in [1.165, 1.54) is 22.2 Å². The van der Waals surface area contributed by atoms with Crippen molar-refractivity contribution >= 4 is 33.4 Å². The molecule has 2 amide bonds. The average Bonchev–Trinajstić information content (AvgIpc) is 3.09. The van der Waals surface area contributed by atoms with E-state index in [0.29, 0.717) is 40.2 Å². The summed E-state index contributed by atoms with van der Waals surface area (Å²) in [7, 11) is 1.74. The molecule has 0 bridgehead atoms. The third-order valence-electron chi connectivity index (χ3n) is 4.77. The van der Waals surface area contributed by atoms with Gasteiger partial charge in [-0.1, -0.05) is 13.0 Å². The molecule has 0 spiro atoms. The van der Waals surface area contributed by atoms with Gasteiger partial charge in [0.2, 0.25) is 5.91 Å². The molecule has 0 aliphatic heterocycles. The zero-order chi connectivity index (χ0) is 21.7. The number of fused-ring (bicyclic) bond motifs is 1. The van der Waals surface area contributed by atoms with Gasteiger partial charge in [0.05, 0.1) is 16.6 Å². The van der Waals surface area contributed by atoms with Gasteiger partial charge in [-0.05, 0) is 31.0 Å². The van der Waals surface area contributed by atoms with Crippen LogP contribution in [0.15, 0.2) is 35.5 Å². The number of rotatable bonds is 8. The molecular formula is C21H25N5O3S. The van der Waals surface area contributed by atoms with Crippen molar-refractivity contribution in [1.29, 1.82) is 0 Å². The first kappa shape index (κ1) is 21.6. The number of aryl methyl sites for hydroxylation is 1. The second-order valence-corrected chi connectivity index (χ2v) is 8.06. The van der Waals surface area contributed by atoms with Crippen LogP contribution >= 0.6 is 11.3 Å². The summed E-state index contributed by atoms with van der Waals surface area (Å²) in [4.78, 5) is 49.0. The van der Waals surface area contributed by atoms with Gasteiger partial charge < -0.3 is 10.2 Å². The molecule has 8 nitrogen and oxygen atoms in total. The summed E-state index contributed by atoms with van der Waals surface area (Å²) >= 11 is 1.21. The van der Waals surface area contributed by atoms with Gasteiger partial charge in [0.25, 0.3) is 11.5 Å². The maximum atomic E-state index is 13.0. The van der Waals surface area contributed by atoms with E-state index in [1.807, 2.05) is 25.1 Å². The lowest BCUT2D eigenvalue weighted by atomic mass is 10.2. The third-order valence-corrected chi connectivity index (χ3v) is 5.96. The van der Waals surface area contributed by atoms with Crippen LogP contribution in [0.3, 0.4) is 0 Å². The molecule has 0 aliphatic carbocycles. The van der Waals surface area contributed by atoms with Gasteiger partial charge in [-0.2, -0.15) is 0 Å². The molecule has 0 saturated heterocycles. The van der Waals surface area contributed by atoms with Crippen LogP contribution in [0.5, 0.6) is 0 Å². The molecular weight excluding hydrogens is 402 g/mol. The Labute approximate surface area is 178 Å². The molecule has 0 atom stereocenters. The second-order valence-electron chi connectivity index (χ2n) is 7.06. The maximum absolute atomic E-state index is 13.0. The minimum absolute atomic E-state index is 0.0929. The molecule has 1 N–H and O–H groups in total. The first-order chi connectivity index (χ1) is 14.4. The number of hydrogen-bond acceptors (Lipinski definition) is 6. The number of pyridine rings is 1. The SMILES string of the molecule is CCCNC(=O)Cn1cnc2sc(C(=O)N(C)CCc3ccccn3)c(C)c2c1=O. The predicted octanol–water partition coefficient (Wildman–Crippen LogP) is 2.00. The fraction of sp³-hybridized carbons (Fsp3) is 0.381. The van der Waals surface area contributed by atoms with E-state index in [4.69, 9.17) is 0 Å². The number of carbonyl (C=O) groups is 2. The number of aromatic nitrogens is 3. The lowest BCUT2D eigenvalue weighted by Crippen LogP contribution is -2.32. The molecule has 0 aliphatic rings. The number of thiophene rings is 1. The van der Waals surface area contributed by atoms with Crippen molar-refractivity contribution in [2.24, 2.45) is 0 Å². The first-order valence-electron chi connectivity index (χ1n) is 9.83. The van der Waals surface area contributed by atoms with Gasteiger partial charge in [-0.15, -0.1) is 11.3 Å². The smallest absolute Gasteiger partial charge is 0.264 e. The molecule has 158 valence electrons. The number of hydrogen-bond donors (Lipinski definition) is 1. The quantitative estimate of drug-likeness (QED) is 0.593. The van der Waals surface area contributed by atoms with Gasteiger partial charge in [0.15, 0.2) is 0 Å². The summed E-state index contributed by atoms with van der Waals surface area (Å²) in [6.07, 6.45) is 4.56. The Hall–Kier alpha value is -3.07. The lowest BCUT2D eigenvalue weighted by Gasteiger charge is -2.16. The Bertz CT molecular complexity index is 1110. The van der Waals surface area contributed by atoms with E-state index in [2.05, 4.69) is 15.3 Å². The Kier molecular flexibility index (Phi) is 6.94. The Morgan fingerprint density at radius 1 is 1.27 bits per heavy atom. The minimum atomic E-state index is -0.310. The fourth-order valence-electron chi connectivity index (χ4n) is 3.05. The molecule has 0 aromatic carbocycles. The highest BCUT2D eigenvalue weighted by Gasteiger charge is 2.22. The number of carbonyl (C=O) groups excluding carboxylic acids is 2. The zero-order valence-corrected chi connectivity index (χ0v) is 18.2. The van der Waals surface area contributed by atoms with Crippen LogP contribution in [-0.2, 0) is 17.8 Å². The second kappa shape index (κ2) is 9.62. The van der Waals surface area contributed by atoms with Crippen LogP contribution in [0.4, 0.5) is 0 Å². The van der Waals surface area contributed by atoms with E-state index in [1.54, 1.807) is 25.1 Å². The van der Waals surface area contributed by atoms with E-state index in [0.717, 1.165) is 12.1 Å². The molecule has 0 radical (unpaired) electrons. The van der Waals surface area contributed by atoms with Crippen molar-refractivity contribution in [2.45, 2.75) is 33.2 Å². The number of nitrogens with zero attached hydrogens (tertiary/aromatic N) is 4. The Morgan fingerprint density at radius 2 is 2.07 bits per heavy atom. The van der Waals surface area contributed by atoms with E-state index in [-0.39, 0.29) is 23.9 Å². The zero-order valence-electron chi connectivity index (χ0n) is 17.3. The maximum Gasteiger partial charge on any atom is 0.264 e. The summed E-state index contributed by atoms with van der Waals surface area (Å²) in [6, 6.07) is 5.69. The monoisotopic (exact) mass is 427 g/mol. The molecule has 0 saturated carbocycles. The minimum Gasteiger partial charge on any atom is -0.355 e. The highest BCUT2D eigenvalue weighted by molar-refractivity contribution is 7.20. The highest BCUT2D eigenvalue weighted by Crippen LogP contribution is 2.27. The fourth-order valence-corrected chi connectivity index (χ4v) is 4.19. The molecule has 3 aromatic heterocycles. The van der Waals surface area contributed by atoms with E-state index < -0.39 is 0 Å². The molecule has 3 heterocycles. The molecule has 3 aromatic rings. The van der Waals surface area contributed by atoms with E-state index >= 15 is 0 Å². The predicted molar refractivity (Wildman–Crippen MR) is 117 cm³/mol. The Morgan fingerprint density at radius 3 is 2.77 bits per heavy atom. The molecule has 0 fully saturated rings. The molecule has 0 unspecified atom stereocenters. The average molecular weight is 428 g/mol. The van der Waals surface area contributed by atoms with Crippen molar-refractivity contribution < 1.29 is 9.59 Å². The lowest BCUT2D eigenvalue weighted by molar-refractivity contribution is -0.121. The molecule has 9 heteroatoms. The van der Waals surface area contributed by atoms with Crippen molar-refractivity contribution in [3.63, 3.8) is 0 Å². The van der Waals surface area contributed by atoms with Crippen LogP contribution < -0.4 is 10.9 Å². The van der Waals surface area contributed by atoms with Gasteiger partial charge in [0, 0.05) is 38.4 Å². The standard InChI is InChI=1S/C21H25N5O3S/c1-4-9-23-16(27)12-26-13-24-19-17(20(26)28)14(2)18(30-19)21(29)25(3)11-8-15-7-5-6-10-22-15/h5-7,10,13H,4,8-9,11-12H2,1-3H3,(H,23,27). The highest BCUT2D eigenvalue weighted by atomic mass is 32.1. The molecule has 3 rings (SSSR count). The summed E-state index contributed by atoms with van der Waals surface area (Å²) in [5.74, 6) is -0.392. The van der Waals surface area contributed by atoms with E-state index in [9.17, 15) is 14.4 Å². The van der Waals surface area contributed by atoms with Crippen molar-refractivity contribution in [3.8, 4) is 0 Å². The number of likely N-dealkylation sites (N-methyl/N-ethyl adjacent to an activating group) is 1. The van der Waals surface area contributed by atoms with Gasteiger partial charge in [0.1, 0.15) is 11.4 Å². The summed E-state index contributed by atoms with van der Waals surface area (Å²) in [5, 5.41) is 3.14. The third kappa shape index (κ3) is 4.73. The van der Waals surface area contributed by atoms with Gasteiger partial charge in [-0.25, -0.2) is 4.98 Å². The summed E-state index contributed by atoms with van der Waals surface area (Å²) in [5.41, 5.74) is 1.21. The van der Waals surface area contributed by atoms with Crippen molar-refractivity contribution in [2.75, 3.05) is 20.1 Å². The summed E-state index contributed by atoms with van der Waals surface area (Å²) in [6.45, 7) is 4.69. The van der Waals surface area contributed by atoms with Crippen LogP contribution in [0.2, 0.25) is 0 Å². The van der Waals surface area contributed by atoms with Gasteiger partial charge in [-0.3, -0.25) is 23.9 Å². The molecule has 30 heavy (non-hydrogen) atoms. The Balaban J connectivity index is 1.80. The first-order valence-corrected chi connectivity index (χ1v) is 10.6. The van der Waals surface area contributed by atoms with Crippen molar-refractivity contribution in [1.82, 2.24) is 24.8 Å². The largest absolute Gasteiger partial charge is 0.355 e. The summed E-state index contributed by atoms with van der Waals surface area (Å²) < 4.78 is 1.28. The number of amides is 2. The van der Waals surface area contributed by atoms with Crippen LogP contribution in [0.1, 0.15) is 34.3 Å². The van der Waals surface area contributed by atoms with Gasteiger partial charge >= 0.3 is 0 Å². The van der Waals surface area contributed by atoms with Crippen LogP contribution in [0, 0.1) is 6.92 Å².